The van der Waals surface area contributed by atoms with Gasteiger partial charge < -0.3 is 24.1 Å². The lowest BCUT2D eigenvalue weighted by atomic mass is 9.67. The van der Waals surface area contributed by atoms with Crippen molar-refractivity contribution in [3.8, 4) is 17.2 Å². The van der Waals surface area contributed by atoms with Crippen molar-refractivity contribution in [1.29, 1.82) is 0 Å². The molecule has 134 valence electrons. The first kappa shape index (κ1) is 18.4. The number of hydrogen-bond donors (Lipinski definition) is 1. The Hall–Kier alpha value is -1.95. The smallest absolute Gasteiger partial charge is 0.314 e. The number of hydrogen-bond acceptors (Lipinski definition) is 6. The number of carbonyl (C=O) groups is 1. The first-order valence-corrected chi connectivity index (χ1v) is 8.01. The third-order valence-corrected chi connectivity index (χ3v) is 5.18. The molecule has 1 aromatic rings. The van der Waals surface area contributed by atoms with E-state index in [9.17, 15) is 9.90 Å². The summed E-state index contributed by atoms with van der Waals surface area (Å²) in [4.78, 5) is 12.4. The molecular weight excluding hydrogens is 312 g/mol. The molecule has 1 N–H and O–H groups in total. The van der Waals surface area contributed by atoms with Gasteiger partial charge in [0.05, 0.1) is 40.0 Å². The molecular formula is C18H26O6. The van der Waals surface area contributed by atoms with Gasteiger partial charge in [0, 0.05) is 16.7 Å². The Bertz CT molecular complexity index is 639. The maximum Gasteiger partial charge on any atom is 0.314 e. The van der Waals surface area contributed by atoms with Crippen LogP contribution in [0.1, 0.15) is 42.6 Å². The molecule has 0 radical (unpaired) electrons. The highest BCUT2D eigenvalue weighted by molar-refractivity contribution is 5.79. The Labute approximate surface area is 142 Å². The summed E-state index contributed by atoms with van der Waals surface area (Å²) >= 11 is 0. The lowest BCUT2D eigenvalue weighted by molar-refractivity contribution is -0.163. The van der Waals surface area contributed by atoms with Crippen LogP contribution in [0.5, 0.6) is 17.2 Å². The Kier molecular flexibility index (Phi) is 5.28. The molecule has 2 rings (SSSR count). The minimum Gasteiger partial charge on any atom is -0.496 e. The van der Waals surface area contributed by atoms with Gasteiger partial charge in [-0.1, -0.05) is 6.92 Å². The van der Waals surface area contributed by atoms with Crippen molar-refractivity contribution in [2.75, 3.05) is 28.4 Å². The minimum absolute atomic E-state index is 0.405. The number of rotatable bonds is 5. The fourth-order valence-corrected chi connectivity index (χ4v) is 3.83. The van der Waals surface area contributed by atoms with E-state index in [2.05, 4.69) is 0 Å². The molecule has 6 heteroatoms. The predicted molar refractivity (Wildman–Crippen MR) is 88.9 cm³/mol. The average molecular weight is 338 g/mol. The van der Waals surface area contributed by atoms with Gasteiger partial charge in [-0.2, -0.15) is 0 Å². The van der Waals surface area contributed by atoms with E-state index in [0.29, 0.717) is 42.1 Å². The van der Waals surface area contributed by atoms with E-state index < -0.39 is 17.5 Å². The molecule has 6 nitrogen and oxygen atoms in total. The second-order valence-corrected chi connectivity index (χ2v) is 6.02. The molecule has 0 saturated heterocycles. The molecule has 0 unspecified atom stereocenters. The monoisotopic (exact) mass is 338 g/mol. The predicted octanol–water partition coefficient (Wildman–Crippen LogP) is 2.57. The molecule has 0 aromatic heterocycles. The maximum absolute atomic E-state index is 12.4. The summed E-state index contributed by atoms with van der Waals surface area (Å²) in [6.45, 7) is 3.72. The highest BCUT2D eigenvalue weighted by atomic mass is 16.5. The van der Waals surface area contributed by atoms with E-state index in [4.69, 9.17) is 18.9 Å². The zero-order valence-corrected chi connectivity index (χ0v) is 15.2. The zero-order valence-electron chi connectivity index (χ0n) is 15.2. The number of aliphatic hydroxyl groups excluding tert-OH is 1. The molecule has 2 atom stereocenters. The molecule has 0 aliphatic heterocycles. The van der Waals surface area contributed by atoms with Gasteiger partial charge >= 0.3 is 5.97 Å². The molecule has 0 bridgehead atoms. The molecule has 24 heavy (non-hydrogen) atoms. The van der Waals surface area contributed by atoms with Crippen molar-refractivity contribution in [2.24, 2.45) is 5.41 Å². The average Bonchev–Trinajstić information content (AvgIpc) is 2.61. The molecule has 1 aromatic carbocycles. The maximum atomic E-state index is 12.4. The van der Waals surface area contributed by atoms with Crippen LogP contribution >= 0.6 is 0 Å². The number of aliphatic hydroxyl groups is 1. The van der Waals surface area contributed by atoms with Crippen LogP contribution < -0.4 is 14.2 Å². The van der Waals surface area contributed by atoms with Crippen LogP contribution in [-0.2, 0) is 16.0 Å². The van der Waals surface area contributed by atoms with Crippen LogP contribution in [0, 0.1) is 12.3 Å². The van der Waals surface area contributed by atoms with Crippen LogP contribution in [0.15, 0.2) is 0 Å². The van der Waals surface area contributed by atoms with Crippen molar-refractivity contribution >= 4 is 5.97 Å². The summed E-state index contributed by atoms with van der Waals surface area (Å²) in [5, 5.41) is 11.1. The van der Waals surface area contributed by atoms with E-state index in [1.54, 1.807) is 21.3 Å². The molecule has 0 amide bonds. The molecule has 1 aliphatic carbocycles. The number of methoxy groups -OCH3 is 4. The van der Waals surface area contributed by atoms with Gasteiger partial charge in [-0.15, -0.1) is 0 Å². The lowest BCUT2D eigenvalue weighted by Crippen LogP contribution is -2.41. The summed E-state index contributed by atoms with van der Waals surface area (Å²) in [7, 11) is 6.03. The number of fused-ring (bicyclic) bond motifs is 1. The quantitative estimate of drug-likeness (QED) is 0.832. The van der Waals surface area contributed by atoms with Crippen molar-refractivity contribution in [1.82, 2.24) is 0 Å². The van der Waals surface area contributed by atoms with E-state index in [0.717, 1.165) is 11.1 Å². The Balaban J connectivity index is 2.78. The second-order valence-electron chi connectivity index (χ2n) is 6.02. The molecule has 1 aliphatic rings. The highest BCUT2D eigenvalue weighted by Crippen LogP contribution is 2.55. The van der Waals surface area contributed by atoms with Crippen LogP contribution in [0.2, 0.25) is 0 Å². The first-order valence-electron chi connectivity index (χ1n) is 8.01. The fraction of sp³-hybridized carbons (Fsp3) is 0.611. The summed E-state index contributed by atoms with van der Waals surface area (Å²) in [6.07, 6.45) is 0.463. The summed E-state index contributed by atoms with van der Waals surface area (Å²) in [5.41, 5.74) is 1.15. The van der Waals surface area contributed by atoms with Gasteiger partial charge in [0.1, 0.15) is 5.75 Å². The van der Waals surface area contributed by atoms with Crippen LogP contribution in [0.4, 0.5) is 0 Å². The number of carbonyl (C=O) groups excluding carboxylic acids is 1. The van der Waals surface area contributed by atoms with Gasteiger partial charge in [0.25, 0.3) is 0 Å². The van der Waals surface area contributed by atoms with E-state index in [1.807, 2.05) is 13.8 Å². The SMILES string of the molecule is CC[C@@]1(C(=O)OC)CCc2c(OC)c(OC)c(C)c(OC)c2[C@H]1O. The first-order chi connectivity index (χ1) is 11.4. The van der Waals surface area contributed by atoms with Gasteiger partial charge in [-0.25, -0.2) is 0 Å². The second kappa shape index (κ2) is 6.89. The molecule has 0 fully saturated rings. The Morgan fingerprint density at radius 1 is 1.12 bits per heavy atom. The minimum atomic E-state index is -1.04. The van der Waals surface area contributed by atoms with Crippen LogP contribution in [0.25, 0.3) is 0 Å². The van der Waals surface area contributed by atoms with Gasteiger partial charge in [-0.05, 0) is 26.2 Å². The molecule has 0 saturated carbocycles. The number of ether oxygens (including phenoxy) is 4. The van der Waals surface area contributed by atoms with E-state index in [1.165, 1.54) is 7.11 Å². The van der Waals surface area contributed by atoms with Crippen molar-refractivity contribution in [3.63, 3.8) is 0 Å². The van der Waals surface area contributed by atoms with Gasteiger partial charge in [0.2, 0.25) is 0 Å². The number of benzene rings is 1. The third kappa shape index (κ3) is 2.40. The van der Waals surface area contributed by atoms with E-state index >= 15 is 0 Å². The van der Waals surface area contributed by atoms with E-state index in [-0.39, 0.29) is 0 Å². The summed E-state index contributed by atoms with van der Waals surface area (Å²) < 4.78 is 21.6. The van der Waals surface area contributed by atoms with Crippen LogP contribution in [-0.4, -0.2) is 39.5 Å². The normalized spacial score (nSPS) is 22.5. The number of esters is 1. The molecule has 0 spiro atoms. The highest BCUT2D eigenvalue weighted by Gasteiger charge is 2.50. The largest absolute Gasteiger partial charge is 0.496 e. The summed E-state index contributed by atoms with van der Waals surface area (Å²) in [6, 6.07) is 0. The van der Waals surface area contributed by atoms with Gasteiger partial charge in [-0.3, -0.25) is 4.79 Å². The summed E-state index contributed by atoms with van der Waals surface area (Å²) in [5.74, 6) is 1.29. The van der Waals surface area contributed by atoms with Crippen molar-refractivity contribution < 1.29 is 28.8 Å². The Morgan fingerprint density at radius 3 is 2.17 bits per heavy atom. The standard InChI is InChI=1S/C18H26O6/c1-7-18(17(20)24-6)9-8-11-12(16(18)19)13(21-3)10(2)14(22-4)15(11)23-5/h16,19H,7-9H2,1-6H3/t16-,18-/m1/s1. The van der Waals surface area contributed by atoms with Crippen LogP contribution in [0.3, 0.4) is 0 Å². The van der Waals surface area contributed by atoms with Crippen molar-refractivity contribution in [2.45, 2.75) is 39.2 Å². The third-order valence-electron chi connectivity index (χ3n) is 5.18. The van der Waals surface area contributed by atoms with Gasteiger partial charge in [0.15, 0.2) is 11.5 Å². The Morgan fingerprint density at radius 2 is 1.71 bits per heavy atom. The lowest BCUT2D eigenvalue weighted by Gasteiger charge is -2.41. The fourth-order valence-electron chi connectivity index (χ4n) is 3.83. The van der Waals surface area contributed by atoms with Crippen molar-refractivity contribution in [3.05, 3.63) is 16.7 Å². The zero-order chi connectivity index (χ0) is 18.1. The molecule has 0 heterocycles. The topological polar surface area (TPSA) is 74.2 Å².